The maximum absolute atomic E-state index is 9.92. The van der Waals surface area contributed by atoms with Crippen LogP contribution in [0.3, 0.4) is 0 Å². The summed E-state index contributed by atoms with van der Waals surface area (Å²) in [5, 5.41) is 19.8. The first kappa shape index (κ1) is 27.8. The molecule has 0 spiro atoms. The normalized spacial score (nSPS) is 10.9. The molecular formula is C26H18I5O4+. The average molecular weight is 1030 g/mol. The molecule has 0 saturated carbocycles. The number of phenolic OH excluding ortho intramolecular Hbond substituents is 2. The third-order valence-electron chi connectivity index (χ3n) is 4.81. The molecule has 0 bridgehead atoms. The van der Waals surface area contributed by atoms with Gasteiger partial charge in [-0.3, -0.25) is 0 Å². The highest BCUT2D eigenvalue weighted by Crippen LogP contribution is 2.29. The Bertz CT molecular complexity index is 1180. The zero-order valence-corrected chi connectivity index (χ0v) is 28.7. The highest BCUT2D eigenvalue weighted by molar-refractivity contribution is 14.1. The summed E-state index contributed by atoms with van der Waals surface area (Å²) in [6.45, 7) is 0.926. The van der Waals surface area contributed by atoms with Crippen molar-refractivity contribution in [3.05, 3.63) is 105 Å². The Morgan fingerprint density at radius 2 is 0.857 bits per heavy atom. The van der Waals surface area contributed by atoms with Crippen LogP contribution in [-0.4, -0.2) is 10.2 Å². The van der Waals surface area contributed by atoms with Crippen molar-refractivity contribution >= 4 is 90.4 Å². The van der Waals surface area contributed by atoms with E-state index in [0.717, 1.165) is 36.9 Å². The molecule has 4 nitrogen and oxygen atoms in total. The van der Waals surface area contributed by atoms with Gasteiger partial charge in [-0.2, -0.15) is 0 Å². The molecule has 0 atom stereocenters. The molecule has 35 heavy (non-hydrogen) atoms. The average Bonchev–Trinajstić information content (AvgIpc) is 2.85. The zero-order chi connectivity index (χ0) is 24.9. The van der Waals surface area contributed by atoms with Crippen LogP contribution in [-0.2, 0) is 13.2 Å². The first-order chi connectivity index (χ1) is 16.8. The van der Waals surface area contributed by atoms with E-state index in [4.69, 9.17) is 9.47 Å². The van der Waals surface area contributed by atoms with E-state index in [1.807, 2.05) is 48.5 Å². The number of phenols is 2. The van der Waals surface area contributed by atoms with E-state index in [-0.39, 0.29) is 21.2 Å². The number of aromatic hydroxyl groups is 2. The molecule has 4 aromatic carbocycles. The summed E-state index contributed by atoms with van der Waals surface area (Å²) in [5.41, 5.74) is 2.07. The highest BCUT2D eigenvalue weighted by atomic mass is 127. The largest absolute Gasteiger partial charge is 0.506 e. The van der Waals surface area contributed by atoms with Crippen molar-refractivity contribution in [2.24, 2.45) is 0 Å². The number of ether oxygens (including phenoxy) is 2. The summed E-state index contributed by atoms with van der Waals surface area (Å²) >= 11 is 8.23. The second kappa shape index (κ2) is 13.0. The molecular weight excluding hydrogens is 1010 g/mol. The Morgan fingerprint density at radius 3 is 1.17 bits per heavy atom. The Morgan fingerprint density at radius 1 is 0.543 bits per heavy atom. The molecule has 9 heteroatoms. The summed E-state index contributed by atoms with van der Waals surface area (Å²) < 4.78 is 17.8. The van der Waals surface area contributed by atoms with Crippen molar-refractivity contribution in [3.8, 4) is 23.0 Å². The maximum atomic E-state index is 9.92. The van der Waals surface area contributed by atoms with E-state index < -0.39 is 0 Å². The van der Waals surface area contributed by atoms with Gasteiger partial charge >= 0.3 is 21.2 Å². The molecule has 2 N–H and O–H groups in total. The van der Waals surface area contributed by atoms with Crippen molar-refractivity contribution in [1.82, 2.24) is 0 Å². The minimum absolute atomic E-state index is 0.301. The van der Waals surface area contributed by atoms with E-state index in [0.29, 0.717) is 24.7 Å². The number of rotatable bonds is 8. The van der Waals surface area contributed by atoms with Crippen LogP contribution >= 0.6 is 90.4 Å². The Hall–Kier alpha value is -0.270. The van der Waals surface area contributed by atoms with Gasteiger partial charge in [-0.05, 0) is 174 Å². The van der Waals surface area contributed by atoms with Gasteiger partial charge in [0, 0.05) is 0 Å². The number of hydrogen-bond donors (Lipinski definition) is 2. The van der Waals surface area contributed by atoms with Crippen molar-refractivity contribution in [2.75, 3.05) is 0 Å². The molecule has 0 radical (unpaired) electrons. The first-order valence-corrected chi connectivity index (χ1v) is 16.7. The summed E-state index contributed by atoms with van der Waals surface area (Å²) in [7, 11) is 0. The van der Waals surface area contributed by atoms with Crippen LogP contribution in [0.1, 0.15) is 11.1 Å². The van der Waals surface area contributed by atoms with Gasteiger partial charge < -0.3 is 19.7 Å². The fourth-order valence-corrected chi connectivity index (χ4v) is 9.00. The van der Waals surface area contributed by atoms with Gasteiger partial charge in [0.2, 0.25) is 0 Å². The number of halogens is 5. The van der Waals surface area contributed by atoms with Gasteiger partial charge in [0.25, 0.3) is 0 Å². The third-order valence-corrected chi connectivity index (χ3v) is 10.8. The minimum atomic E-state index is -0.301. The first-order valence-electron chi connectivity index (χ1n) is 10.2. The number of benzene rings is 4. The quantitative estimate of drug-likeness (QED) is 0.250. The lowest BCUT2D eigenvalue weighted by molar-refractivity contribution is -0.597. The van der Waals surface area contributed by atoms with E-state index in [1.165, 1.54) is 7.14 Å². The predicted octanol–water partition coefficient (Wildman–Crippen LogP) is 4.80. The van der Waals surface area contributed by atoms with Gasteiger partial charge in [0.1, 0.15) is 36.2 Å². The van der Waals surface area contributed by atoms with Gasteiger partial charge in [-0.15, -0.1) is 0 Å². The van der Waals surface area contributed by atoms with E-state index in [9.17, 15) is 10.2 Å². The van der Waals surface area contributed by atoms with Crippen LogP contribution in [0.2, 0.25) is 0 Å². The second-order valence-corrected chi connectivity index (χ2v) is 15.1. The van der Waals surface area contributed by atoms with Crippen LogP contribution in [0.4, 0.5) is 0 Å². The fourth-order valence-electron chi connectivity index (χ4n) is 3.05. The van der Waals surface area contributed by atoms with Crippen LogP contribution < -0.4 is 30.7 Å². The second-order valence-electron chi connectivity index (χ2n) is 7.40. The standard InChI is InChI=1S/C26H17I5O4/c27-21-9-15(10-22(28)25(21)32)13-34-19-5-1-17(2-6-19)31-18-3-7-20(8-4-18)35-14-16-11-23(29)26(33)24(30)12-16/h1-12H,13-14H2,(H-,32,33)/p+1. The van der Waals surface area contributed by atoms with Crippen molar-refractivity contribution in [2.45, 2.75) is 13.2 Å². The zero-order valence-electron chi connectivity index (χ0n) is 17.9. The van der Waals surface area contributed by atoms with Gasteiger partial charge in [-0.25, -0.2) is 0 Å². The van der Waals surface area contributed by atoms with E-state index >= 15 is 0 Å². The number of hydrogen-bond acceptors (Lipinski definition) is 4. The predicted molar refractivity (Wildman–Crippen MR) is 166 cm³/mol. The lowest BCUT2D eigenvalue weighted by atomic mass is 10.2. The molecule has 4 rings (SSSR count). The smallest absolute Gasteiger partial charge is 0.357 e. The lowest BCUT2D eigenvalue weighted by Gasteiger charge is -2.08. The Kier molecular flexibility index (Phi) is 10.3. The van der Waals surface area contributed by atoms with E-state index in [1.54, 1.807) is 0 Å². The van der Waals surface area contributed by atoms with E-state index in [2.05, 4.69) is 115 Å². The molecule has 0 amide bonds. The molecule has 0 aliphatic carbocycles. The summed E-state index contributed by atoms with van der Waals surface area (Å²) in [5.74, 6) is 2.31. The molecule has 0 aromatic heterocycles. The van der Waals surface area contributed by atoms with Crippen molar-refractivity contribution in [1.29, 1.82) is 0 Å². The summed E-state index contributed by atoms with van der Waals surface area (Å²) in [6, 6.07) is 24.4. The Labute approximate surface area is 269 Å². The molecule has 0 aliphatic rings. The monoisotopic (exact) mass is 1030 g/mol. The lowest BCUT2D eigenvalue weighted by Crippen LogP contribution is -3.61. The molecule has 4 aromatic rings. The maximum Gasteiger partial charge on any atom is 0.357 e. The topological polar surface area (TPSA) is 58.9 Å². The molecule has 0 aliphatic heterocycles. The van der Waals surface area contributed by atoms with Crippen molar-refractivity contribution in [3.63, 3.8) is 0 Å². The molecule has 0 fully saturated rings. The van der Waals surface area contributed by atoms with Crippen LogP contribution in [0.15, 0.2) is 72.8 Å². The fraction of sp³-hybridized carbons (Fsp3) is 0.0769. The van der Waals surface area contributed by atoms with Crippen molar-refractivity contribution < 1.29 is 40.9 Å². The van der Waals surface area contributed by atoms with Crippen LogP contribution in [0.25, 0.3) is 0 Å². The van der Waals surface area contributed by atoms with Gasteiger partial charge in [0.15, 0.2) is 7.14 Å². The summed E-state index contributed by atoms with van der Waals surface area (Å²) in [4.78, 5) is 0. The SMILES string of the molecule is Oc1c(I)cc(COc2ccc([I+]c3ccc(OCc4cc(I)c(O)c(I)c4)cc3)cc2)cc1I. The van der Waals surface area contributed by atoms with Gasteiger partial charge in [0.05, 0.1) is 14.3 Å². The van der Waals surface area contributed by atoms with Gasteiger partial charge in [-0.1, -0.05) is 0 Å². The minimum Gasteiger partial charge on any atom is -0.506 e. The molecule has 0 unspecified atom stereocenters. The molecule has 180 valence electrons. The molecule has 0 saturated heterocycles. The highest BCUT2D eigenvalue weighted by Gasteiger charge is 2.16. The van der Waals surface area contributed by atoms with Crippen LogP contribution in [0.5, 0.6) is 23.0 Å². The summed E-state index contributed by atoms with van der Waals surface area (Å²) in [6.07, 6.45) is 0. The Balaban J connectivity index is 1.30. The third kappa shape index (κ3) is 7.86. The van der Waals surface area contributed by atoms with Crippen LogP contribution in [0, 0.1) is 21.4 Å². The molecule has 0 heterocycles.